The molecule has 4 heteroatoms. The summed E-state index contributed by atoms with van der Waals surface area (Å²) in [4.78, 5) is 2.73. The third kappa shape index (κ3) is 5.27. The van der Waals surface area contributed by atoms with E-state index < -0.39 is 0 Å². The number of aromatic nitrogens is 2. The zero-order chi connectivity index (χ0) is 37.4. The van der Waals surface area contributed by atoms with Gasteiger partial charge in [0.1, 0.15) is 7.05 Å². The van der Waals surface area contributed by atoms with E-state index in [9.17, 15) is 0 Å². The van der Waals surface area contributed by atoms with E-state index in [2.05, 4.69) is 189 Å². The summed E-state index contributed by atoms with van der Waals surface area (Å²) in [6.45, 7) is 23.5. The van der Waals surface area contributed by atoms with Crippen LogP contribution in [0.2, 0.25) is 0 Å². The molecule has 53 heavy (non-hydrogen) atoms. The quantitative estimate of drug-likeness (QED) is 0.128. The Labute approximate surface area is 320 Å². The second kappa shape index (κ2) is 11.5. The number of fused-ring (bicyclic) bond motifs is 7. The first kappa shape index (κ1) is 34.2. The van der Waals surface area contributed by atoms with E-state index in [0.717, 1.165) is 0 Å². The van der Waals surface area contributed by atoms with E-state index in [4.69, 9.17) is 0 Å². The zero-order valence-electron chi connectivity index (χ0n) is 33.2. The molecule has 9 rings (SSSR count). The summed E-state index contributed by atoms with van der Waals surface area (Å²) in [7, 11) is 2.15. The molecule has 0 saturated carbocycles. The van der Waals surface area contributed by atoms with Gasteiger partial charge in [-0.25, -0.2) is 4.57 Å². The molecule has 0 bridgehead atoms. The third-order valence-corrected chi connectivity index (χ3v) is 13.1. The Morgan fingerprint density at radius 1 is 0.604 bits per heavy atom. The minimum Gasteiger partial charge on any atom is -0.310 e. The van der Waals surface area contributed by atoms with Gasteiger partial charge in [0.2, 0.25) is 12.4 Å². The molecule has 0 unspecified atom stereocenters. The highest BCUT2D eigenvalue weighted by Crippen LogP contribution is 2.45. The molecule has 0 spiro atoms. The van der Waals surface area contributed by atoms with Crippen LogP contribution in [0.15, 0.2) is 113 Å². The molecule has 2 aliphatic heterocycles. The smallest absolute Gasteiger partial charge is 0.249 e. The predicted molar refractivity (Wildman–Crippen MR) is 229 cm³/mol. The summed E-state index contributed by atoms with van der Waals surface area (Å²) in [6, 6.07) is 38.0. The van der Waals surface area contributed by atoms with Crippen LogP contribution in [0.3, 0.4) is 0 Å². The maximum absolute atomic E-state index is 2.66. The number of pyridine rings is 1. The minimum absolute atomic E-state index is 0.00289. The molecular weight excluding hydrogens is 659 g/mol. The zero-order valence-corrected chi connectivity index (χ0v) is 34.0. The lowest BCUT2D eigenvalue weighted by Gasteiger charge is -2.36. The average Bonchev–Trinajstić information content (AvgIpc) is 3.43. The Morgan fingerprint density at radius 2 is 1.26 bits per heavy atom. The summed E-state index contributed by atoms with van der Waals surface area (Å²) in [5.41, 5.74) is 18.8. The maximum atomic E-state index is 2.66. The standard InChI is InChI=1S/C49H50BN2S/c1-29-15-16-30(24-35(29)40-14-12-13-23-51(40)11)34-19-22-43-44-46(34)52-41-20-17-31(47(2,3)4)25-36(41)37-26-33(49(8,9)10)28-39(45(37)52)50(44)38-27-32(48(5,6)7)18-21-42(38)53-43/h12-28H,1-11H3/q+1. The Hall–Kier alpha value is -4.54. The number of benzene rings is 5. The molecule has 0 aliphatic carbocycles. The fourth-order valence-corrected chi connectivity index (χ4v) is 9.89. The molecule has 4 heterocycles. The molecule has 7 aromatic rings. The summed E-state index contributed by atoms with van der Waals surface area (Å²) in [6.07, 6.45) is 2.15. The van der Waals surface area contributed by atoms with E-state index in [1.54, 1.807) is 0 Å². The van der Waals surface area contributed by atoms with Crippen LogP contribution >= 0.6 is 11.8 Å². The second-order valence-corrected chi connectivity index (χ2v) is 19.8. The molecule has 0 saturated heterocycles. The minimum atomic E-state index is -0.00289. The van der Waals surface area contributed by atoms with Gasteiger partial charge >= 0.3 is 0 Å². The Balaban J connectivity index is 1.45. The number of hydrogen-bond donors (Lipinski definition) is 0. The highest BCUT2D eigenvalue weighted by molar-refractivity contribution is 8.00. The van der Waals surface area contributed by atoms with E-state index in [1.165, 1.54) is 98.3 Å². The summed E-state index contributed by atoms with van der Waals surface area (Å²) in [5, 5.41) is 2.71. The van der Waals surface area contributed by atoms with Crippen molar-refractivity contribution in [3.63, 3.8) is 0 Å². The van der Waals surface area contributed by atoms with Crippen molar-refractivity contribution >= 4 is 56.7 Å². The first-order valence-corrected chi connectivity index (χ1v) is 20.0. The van der Waals surface area contributed by atoms with Gasteiger partial charge in [-0.3, -0.25) is 0 Å². The van der Waals surface area contributed by atoms with Gasteiger partial charge in [0.05, 0.1) is 11.2 Å². The van der Waals surface area contributed by atoms with Gasteiger partial charge in [-0.1, -0.05) is 122 Å². The molecule has 264 valence electrons. The average molecular weight is 710 g/mol. The molecule has 0 N–H and O–H groups in total. The lowest BCUT2D eigenvalue weighted by molar-refractivity contribution is -0.660. The molecule has 0 amide bonds. The van der Waals surface area contributed by atoms with Gasteiger partial charge in [0.25, 0.3) is 0 Å². The number of rotatable bonds is 2. The van der Waals surface area contributed by atoms with Crippen LogP contribution in [0, 0.1) is 6.92 Å². The molecule has 5 aromatic carbocycles. The van der Waals surface area contributed by atoms with Gasteiger partial charge in [-0.05, 0) is 104 Å². The first-order chi connectivity index (χ1) is 25.0. The van der Waals surface area contributed by atoms with Crippen LogP contribution in [0.1, 0.15) is 84.6 Å². The van der Waals surface area contributed by atoms with Crippen LogP contribution in [0.25, 0.3) is 49.9 Å². The van der Waals surface area contributed by atoms with Crippen molar-refractivity contribution in [2.45, 2.75) is 95.3 Å². The number of nitrogens with zero attached hydrogens (tertiary/aromatic N) is 2. The van der Waals surface area contributed by atoms with E-state index in [-0.39, 0.29) is 23.0 Å². The largest absolute Gasteiger partial charge is 0.310 e. The van der Waals surface area contributed by atoms with Crippen LogP contribution in [-0.2, 0) is 23.3 Å². The second-order valence-electron chi connectivity index (χ2n) is 18.7. The number of hydrogen-bond acceptors (Lipinski definition) is 1. The van der Waals surface area contributed by atoms with Gasteiger partial charge in [-0.2, -0.15) is 0 Å². The first-order valence-electron chi connectivity index (χ1n) is 19.2. The van der Waals surface area contributed by atoms with Crippen LogP contribution in [-0.4, -0.2) is 11.3 Å². The van der Waals surface area contributed by atoms with E-state index in [0.29, 0.717) is 0 Å². The van der Waals surface area contributed by atoms with Crippen LogP contribution in [0.5, 0.6) is 0 Å². The molecule has 0 radical (unpaired) electrons. The third-order valence-electron chi connectivity index (χ3n) is 11.9. The highest BCUT2D eigenvalue weighted by atomic mass is 32.2. The van der Waals surface area contributed by atoms with Crippen LogP contribution < -0.4 is 21.0 Å². The lowest BCUT2D eigenvalue weighted by atomic mass is 9.34. The van der Waals surface area contributed by atoms with Crippen molar-refractivity contribution in [1.82, 2.24) is 4.57 Å². The van der Waals surface area contributed by atoms with E-state index >= 15 is 0 Å². The summed E-state index contributed by atoms with van der Waals surface area (Å²) < 4.78 is 4.89. The molecule has 0 atom stereocenters. The van der Waals surface area contributed by atoms with E-state index in [1.807, 2.05) is 11.8 Å². The molecule has 0 fully saturated rings. The van der Waals surface area contributed by atoms with Crippen molar-refractivity contribution in [3.05, 3.63) is 126 Å². The van der Waals surface area contributed by atoms with Gasteiger partial charge < -0.3 is 4.57 Å². The normalized spacial score (nSPS) is 13.8. The predicted octanol–water partition coefficient (Wildman–Crippen LogP) is 10.4. The lowest BCUT2D eigenvalue weighted by Crippen LogP contribution is -2.59. The van der Waals surface area contributed by atoms with Gasteiger partial charge in [0, 0.05) is 49.3 Å². The Morgan fingerprint density at radius 3 is 1.98 bits per heavy atom. The fraction of sp³-hybridized carbons (Fsp3) is 0.286. The topological polar surface area (TPSA) is 8.81 Å². The molecular formula is C49H50BN2S+. The van der Waals surface area contributed by atoms with Gasteiger partial charge in [-0.15, -0.1) is 0 Å². The monoisotopic (exact) mass is 709 g/mol. The van der Waals surface area contributed by atoms with Crippen molar-refractivity contribution in [3.8, 4) is 28.1 Å². The van der Waals surface area contributed by atoms with Crippen LogP contribution in [0.4, 0.5) is 0 Å². The SMILES string of the molecule is Cc1ccc(-c2ccc3c4c2-n2c5ccc(C(C)(C)C)cc5c5cc(C(C)(C)C)cc(c52)B4c2cc(C(C)(C)C)ccc2S3)cc1-c1cccc[n+]1C. The molecule has 2 nitrogen and oxygen atoms in total. The molecule has 2 aromatic heterocycles. The molecule has 2 aliphatic rings. The summed E-state index contributed by atoms with van der Waals surface area (Å²) in [5.74, 6) is 0. The Kier molecular flexibility index (Phi) is 7.42. The fourth-order valence-electron chi connectivity index (χ4n) is 8.76. The highest BCUT2D eigenvalue weighted by Gasteiger charge is 2.42. The van der Waals surface area contributed by atoms with Crippen molar-refractivity contribution in [1.29, 1.82) is 0 Å². The van der Waals surface area contributed by atoms with Crippen molar-refractivity contribution in [2.24, 2.45) is 7.05 Å². The van der Waals surface area contributed by atoms with Crippen molar-refractivity contribution in [2.75, 3.05) is 0 Å². The van der Waals surface area contributed by atoms with Crippen molar-refractivity contribution < 1.29 is 4.57 Å². The summed E-state index contributed by atoms with van der Waals surface area (Å²) >= 11 is 1.95. The van der Waals surface area contributed by atoms with Gasteiger partial charge in [0.15, 0.2) is 6.20 Å². The maximum Gasteiger partial charge on any atom is 0.249 e. The number of aryl methyl sites for hydroxylation is 2. The Bertz CT molecular complexity index is 2670.